The number of ether oxygens (including phenoxy) is 3. The maximum Gasteiger partial charge on any atom is 0.407 e. The lowest BCUT2D eigenvalue weighted by molar-refractivity contribution is -0.149. The number of amides is 1. The van der Waals surface area contributed by atoms with Gasteiger partial charge in [0.25, 0.3) is 5.70 Å². The van der Waals surface area contributed by atoms with Gasteiger partial charge >= 0.3 is 18.1 Å². The smallest absolute Gasteiger partial charge is 0.407 e. The molecule has 0 saturated heterocycles. The lowest BCUT2D eigenvalue weighted by atomic mass is 10.1. The van der Waals surface area contributed by atoms with Gasteiger partial charge in [-0.2, -0.15) is 4.98 Å². The molecule has 0 bridgehead atoms. The molecule has 2 aromatic heterocycles. The maximum absolute atomic E-state index is 12.3. The largest absolute Gasteiger partial charge is 0.465 e. The van der Waals surface area contributed by atoms with Gasteiger partial charge in [0, 0.05) is 37.6 Å². The first kappa shape index (κ1) is 31.3. The zero-order valence-electron chi connectivity index (χ0n) is 24.9. The van der Waals surface area contributed by atoms with Gasteiger partial charge in [-0.15, -0.1) is 0 Å². The molecule has 44 heavy (non-hydrogen) atoms. The Bertz CT molecular complexity index is 1690. The van der Waals surface area contributed by atoms with Crippen LogP contribution in [0.15, 0.2) is 64.8 Å². The molecule has 4 aromatic rings. The number of hydrogen-bond donors (Lipinski definition) is 2. The molecular formula is C31H33N7O6. The van der Waals surface area contributed by atoms with Crippen molar-refractivity contribution < 1.29 is 28.2 Å². The number of carbonyl (C=O) groups excluding carboxylic acids is 2. The number of esters is 1. The van der Waals surface area contributed by atoms with Gasteiger partial charge in [0.05, 0.1) is 13.1 Å². The monoisotopic (exact) mass is 599 g/mol. The number of nitrogens with zero attached hydrogens (tertiary/aromatic N) is 5. The van der Waals surface area contributed by atoms with Crippen LogP contribution >= 0.6 is 0 Å². The van der Waals surface area contributed by atoms with E-state index in [0.29, 0.717) is 30.0 Å². The Labute approximate surface area is 254 Å². The number of oxazole rings is 1. The number of anilines is 2. The number of alkyl carbamates (subject to hydrolysis) is 1. The van der Waals surface area contributed by atoms with Crippen molar-refractivity contribution in [2.75, 3.05) is 30.8 Å². The zero-order valence-corrected chi connectivity index (χ0v) is 24.9. The van der Waals surface area contributed by atoms with Crippen molar-refractivity contribution in [2.24, 2.45) is 0 Å². The maximum atomic E-state index is 12.3. The summed E-state index contributed by atoms with van der Waals surface area (Å²) >= 11 is 0. The molecule has 0 unspecified atom stereocenters. The number of nitrogen functional groups attached to an aromatic ring is 1. The molecule has 0 aliphatic rings. The molecule has 2 heterocycles. The summed E-state index contributed by atoms with van der Waals surface area (Å²) in [5.74, 6) is -0.294. The molecule has 228 valence electrons. The minimum Gasteiger partial charge on any atom is -0.465 e. The van der Waals surface area contributed by atoms with Crippen LogP contribution in [0.2, 0.25) is 0 Å². The van der Waals surface area contributed by atoms with Crippen LogP contribution in [-0.4, -0.2) is 52.8 Å². The van der Waals surface area contributed by atoms with Crippen LogP contribution in [0.3, 0.4) is 0 Å². The van der Waals surface area contributed by atoms with Crippen LogP contribution in [-0.2, 0) is 27.4 Å². The van der Waals surface area contributed by atoms with E-state index in [2.05, 4.69) is 25.1 Å². The van der Waals surface area contributed by atoms with Gasteiger partial charge in [-0.3, -0.25) is 4.79 Å². The summed E-state index contributed by atoms with van der Waals surface area (Å²) in [6.45, 7) is 13.6. The van der Waals surface area contributed by atoms with Gasteiger partial charge in [-0.05, 0) is 50.1 Å². The van der Waals surface area contributed by atoms with E-state index in [9.17, 15) is 9.59 Å². The molecule has 1 amide bonds. The molecular weight excluding hydrogens is 566 g/mol. The lowest BCUT2D eigenvalue weighted by Gasteiger charge is -2.19. The van der Waals surface area contributed by atoms with Crippen molar-refractivity contribution >= 4 is 40.7 Å². The molecule has 13 heteroatoms. The Balaban J connectivity index is 1.22. The van der Waals surface area contributed by atoms with E-state index in [-0.39, 0.29) is 30.8 Å². The standard InChI is InChI=1S/C31H33N7O6/c1-31(2,3)44-28(39)24(33-4)17-27-36-23-11-10-22(16-25(23)43-27)38(5)14-15-41-30(40)35-18-20-6-8-21(9-7-20)19-42-29-34-13-12-26(32)37-29/h6-13,16-17H,14-15,18-19H2,1-3,5H3,(H,35,40)(H2,32,34,37)/b24-17-. The third-order valence-electron chi connectivity index (χ3n) is 5.96. The third kappa shape index (κ3) is 9.18. The number of nitrogens with two attached hydrogens (primary N) is 1. The highest BCUT2D eigenvalue weighted by Crippen LogP contribution is 2.24. The van der Waals surface area contributed by atoms with Gasteiger partial charge in [-0.1, -0.05) is 24.3 Å². The zero-order chi connectivity index (χ0) is 31.7. The van der Waals surface area contributed by atoms with E-state index < -0.39 is 17.7 Å². The fraction of sp³-hybridized carbons (Fsp3) is 0.290. The summed E-state index contributed by atoms with van der Waals surface area (Å²) in [5, 5.41) is 2.74. The predicted octanol–water partition coefficient (Wildman–Crippen LogP) is 4.74. The number of carbonyl (C=O) groups is 2. The van der Waals surface area contributed by atoms with Crippen molar-refractivity contribution in [1.29, 1.82) is 0 Å². The summed E-state index contributed by atoms with van der Waals surface area (Å²) in [4.78, 5) is 42.0. The first-order chi connectivity index (χ1) is 21.0. The predicted molar refractivity (Wildman–Crippen MR) is 163 cm³/mol. The van der Waals surface area contributed by atoms with Crippen LogP contribution < -0.4 is 20.7 Å². The minimum absolute atomic E-state index is 0.118. The Morgan fingerprint density at radius 2 is 1.86 bits per heavy atom. The molecule has 0 atom stereocenters. The van der Waals surface area contributed by atoms with Crippen LogP contribution in [0.25, 0.3) is 22.0 Å². The van der Waals surface area contributed by atoms with E-state index in [1.807, 2.05) is 42.3 Å². The quantitative estimate of drug-likeness (QED) is 0.139. The number of nitrogens with one attached hydrogen (secondary N) is 1. The summed E-state index contributed by atoms with van der Waals surface area (Å²) < 4.78 is 21.9. The number of rotatable bonds is 11. The molecule has 13 nitrogen and oxygen atoms in total. The fourth-order valence-electron chi connectivity index (χ4n) is 3.77. The van der Waals surface area contributed by atoms with E-state index in [0.717, 1.165) is 16.8 Å². The summed E-state index contributed by atoms with van der Waals surface area (Å²) in [6, 6.07) is 14.7. The van der Waals surface area contributed by atoms with Crippen molar-refractivity contribution in [1.82, 2.24) is 20.3 Å². The van der Waals surface area contributed by atoms with Gasteiger partial charge < -0.3 is 34.6 Å². The third-order valence-corrected chi connectivity index (χ3v) is 5.96. The van der Waals surface area contributed by atoms with E-state index in [1.165, 1.54) is 12.3 Å². The highest BCUT2D eigenvalue weighted by molar-refractivity contribution is 5.95. The van der Waals surface area contributed by atoms with Gasteiger partial charge in [0.15, 0.2) is 5.58 Å². The van der Waals surface area contributed by atoms with Crippen LogP contribution in [0.5, 0.6) is 6.01 Å². The topological polar surface area (TPSA) is 159 Å². The second-order valence-electron chi connectivity index (χ2n) is 10.6. The molecule has 0 aliphatic heterocycles. The molecule has 0 radical (unpaired) electrons. The van der Waals surface area contributed by atoms with Crippen molar-refractivity contribution in [3.05, 3.63) is 88.9 Å². The molecule has 2 aromatic carbocycles. The number of benzene rings is 2. The first-order valence-corrected chi connectivity index (χ1v) is 13.6. The number of fused-ring (bicyclic) bond motifs is 1. The molecule has 3 N–H and O–H groups in total. The number of aromatic nitrogens is 3. The van der Waals surface area contributed by atoms with Crippen molar-refractivity contribution in [3.8, 4) is 6.01 Å². The second-order valence-corrected chi connectivity index (χ2v) is 10.6. The summed E-state index contributed by atoms with van der Waals surface area (Å²) in [7, 11) is 1.85. The summed E-state index contributed by atoms with van der Waals surface area (Å²) in [5.41, 5.74) is 8.32. The molecule has 4 rings (SSSR count). The van der Waals surface area contributed by atoms with E-state index in [1.54, 1.807) is 39.0 Å². The van der Waals surface area contributed by atoms with Crippen molar-refractivity contribution in [3.63, 3.8) is 0 Å². The highest BCUT2D eigenvalue weighted by Gasteiger charge is 2.21. The van der Waals surface area contributed by atoms with Crippen LogP contribution in [0.1, 0.15) is 37.8 Å². The molecule has 0 spiro atoms. The summed E-state index contributed by atoms with van der Waals surface area (Å²) in [6.07, 6.45) is 2.26. The molecule has 0 saturated carbocycles. The Morgan fingerprint density at radius 3 is 2.57 bits per heavy atom. The Kier molecular flexibility index (Phi) is 9.97. The van der Waals surface area contributed by atoms with E-state index >= 15 is 0 Å². The Morgan fingerprint density at radius 1 is 1.11 bits per heavy atom. The van der Waals surface area contributed by atoms with Crippen LogP contribution in [0, 0.1) is 6.57 Å². The first-order valence-electron chi connectivity index (χ1n) is 13.6. The van der Waals surface area contributed by atoms with E-state index in [4.69, 9.17) is 30.9 Å². The number of likely N-dealkylation sites (N-methyl/N-ethyl adjacent to an activating group) is 1. The second kappa shape index (κ2) is 14.0. The average molecular weight is 600 g/mol. The Hall–Kier alpha value is -5.64. The normalized spacial score (nSPS) is 11.5. The van der Waals surface area contributed by atoms with Gasteiger partial charge in [0.1, 0.15) is 30.1 Å². The molecule has 0 fully saturated rings. The average Bonchev–Trinajstić information content (AvgIpc) is 3.39. The minimum atomic E-state index is -0.746. The van der Waals surface area contributed by atoms with Crippen molar-refractivity contribution in [2.45, 2.75) is 39.5 Å². The SMILES string of the molecule is [C-]#[N+]/C(=C\c1nc2ccc(N(C)CCOC(=O)NCc3ccc(COc4nccc(N)n4)cc3)cc2o1)C(=O)OC(C)(C)C. The van der Waals surface area contributed by atoms with Crippen LogP contribution in [0.4, 0.5) is 16.3 Å². The number of hydrogen-bond acceptors (Lipinski definition) is 11. The lowest BCUT2D eigenvalue weighted by Crippen LogP contribution is -2.28. The van der Waals surface area contributed by atoms with Gasteiger partial charge in [-0.25, -0.2) is 19.6 Å². The molecule has 0 aliphatic carbocycles. The highest BCUT2D eigenvalue weighted by atomic mass is 16.6. The fourth-order valence-corrected chi connectivity index (χ4v) is 3.77. The van der Waals surface area contributed by atoms with Gasteiger partial charge in [0.2, 0.25) is 5.89 Å².